The van der Waals surface area contributed by atoms with Crippen molar-refractivity contribution >= 4 is 17.5 Å². The van der Waals surface area contributed by atoms with E-state index in [1.807, 2.05) is 31.2 Å². The molecule has 0 spiro atoms. The van der Waals surface area contributed by atoms with E-state index in [2.05, 4.69) is 34.5 Å². The molecule has 4 nitrogen and oxygen atoms in total. The van der Waals surface area contributed by atoms with Crippen molar-refractivity contribution < 1.29 is 9.53 Å². The Hall–Kier alpha value is -2.66. The van der Waals surface area contributed by atoms with Crippen LogP contribution in [0.5, 0.6) is 5.75 Å². The standard InChI is InChI=1S/C26H28N2O2S/c1-2-30-23-14-12-22(13-15-23)25(29)18-31-26-17-16-24(27-28-26)21-10-8-20(9-11-21)19-6-4-3-5-7-19/h8-17,19H,2-7,18H2,1H3. The summed E-state index contributed by atoms with van der Waals surface area (Å²) in [4.78, 5) is 12.4. The molecular formula is C26H28N2O2S. The average Bonchev–Trinajstić information content (AvgIpc) is 2.84. The van der Waals surface area contributed by atoms with Crippen molar-refractivity contribution in [2.45, 2.75) is 50.0 Å². The molecule has 2 aromatic carbocycles. The zero-order valence-corrected chi connectivity index (χ0v) is 18.7. The molecule has 1 aliphatic rings. The summed E-state index contributed by atoms with van der Waals surface area (Å²) >= 11 is 1.41. The molecule has 0 saturated heterocycles. The van der Waals surface area contributed by atoms with Crippen LogP contribution in [-0.2, 0) is 0 Å². The maximum absolute atomic E-state index is 12.4. The van der Waals surface area contributed by atoms with E-state index in [-0.39, 0.29) is 5.78 Å². The predicted octanol–water partition coefficient (Wildman–Crippen LogP) is 6.57. The third-order valence-electron chi connectivity index (χ3n) is 5.76. The maximum atomic E-state index is 12.4. The smallest absolute Gasteiger partial charge is 0.173 e. The zero-order chi connectivity index (χ0) is 21.5. The van der Waals surface area contributed by atoms with Gasteiger partial charge >= 0.3 is 0 Å². The summed E-state index contributed by atoms with van der Waals surface area (Å²) in [5.41, 5.74) is 4.06. The van der Waals surface area contributed by atoms with Crippen LogP contribution in [0.15, 0.2) is 65.7 Å². The van der Waals surface area contributed by atoms with E-state index in [1.54, 1.807) is 12.1 Å². The van der Waals surface area contributed by atoms with Crippen molar-refractivity contribution in [3.05, 3.63) is 71.8 Å². The lowest BCUT2D eigenvalue weighted by Gasteiger charge is -2.22. The molecule has 0 atom stereocenters. The molecular weight excluding hydrogens is 404 g/mol. The third kappa shape index (κ3) is 5.73. The number of carbonyl (C=O) groups excluding carboxylic acids is 1. The van der Waals surface area contributed by atoms with Crippen LogP contribution in [0, 0.1) is 0 Å². The van der Waals surface area contributed by atoms with E-state index < -0.39 is 0 Å². The molecule has 0 aliphatic heterocycles. The van der Waals surface area contributed by atoms with Crippen LogP contribution in [-0.4, -0.2) is 28.3 Å². The number of thioether (sulfide) groups is 1. The van der Waals surface area contributed by atoms with E-state index in [4.69, 9.17) is 4.74 Å². The minimum atomic E-state index is 0.0669. The highest BCUT2D eigenvalue weighted by Crippen LogP contribution is 2.33. The van der Waals surface area contributed by atoms with Gasteiger partial charge in [-0.1, -0.05) is 55.3 Å². The Labute approximate surface area is 188 Å². The Morgan fingerprint density at radius 2 is 1.68 bits per heavy atom. The quantitative estimate of drug-likeness (QED) is 0.298. The summed E-state index contributed by atoms with van der Waals surface area (Å²) in [5.74, 6) is 1.88. The normalized spacial score (nSPS) is 14.4. The second kappa shape index (κ2) is 10.6. The molecule has 0 N–H and O–H groups in total. The number of benzene rings is 2. The first-order valence-electron chi connectivity index (χ1n) is 11.1. The summed E-state index contributed by atoms with van der Waals surface area (Å²) in [7, 11) is 0. The lowest BCUT2D eigenvalue weighted by molar-refractivity contribution is 0.102. The number of carbonyl (C=O) groups is 1. The van der Waals surface area contributed by atoms with Crippen LogP contribution >= 0.6 is 11.8 Å². The van der Waals surface area contributed by atoms with Crippen molar-refractivity contribution in [3.63, 3.8) is 0 Å². The van der Waals surface area contributed by atoms with E-state index in [9.17, 15) is 4.79 Å². The first kappa shape index (κ1) is 21.6. The summed E-state index contributed by atoms with van der Waals surface area (Å²) in [5, 5.41) is 9.44. The van der Waals surface area contributed by atoms with Crippen LogP contribution in [0.3, 0.4) is 0 Å². The summed E-state index contributed by atoms with van der Waals surface area (Å²) in [6.07, 6.45) is 6.68. The lowest BCUT2D eigenvalue weighted by Crippen LogP contribution is -2.04. The molecule has 3 aromatic rings. The first-order valence-corrected chi connectivity index (χ1v) is 12.0. The molecule has 0 radical (unpaired) electrons. The molecule has 1 fully saturated rings. The molecule has 0 unspecified atom stereocenters. The Morgan fingerprint density at radius 1 is 0.935 bits per heavy atom. The third-order valence-corrected chi connectivity index (χ3v) is 6.68. The second-order valence-corrected chi connectivity index (χ2v) is 8.88. The van der Waals surface area contributed by atoms with Gasteiger partial charge in [0.15, 0.2) is 5.78 Å². The molecule has 1 saturated carbocycles. The fourth-order valence-corrected chi connectivity index (χ4v) is 4.75. The second-order valence-electron chi connectivity index (χ2n) is 7.88. The first-order chi connectivity index (χ1) is 15.2. The van der Waals surface area contributed by atoms with Gasteiger partial charge in [0.1, 0.15) is 10.8 Å². The molecule has 160 valence electrons. The van der Waals surface area contributed by atoms with Crippen molar-refractivity contribution in [1.29, 1.82) is 0 Å². The largest absolute Gasteiger partial charge is 0.494 e. The Balaban J connectivity index is 1.33. The fraction of sp³-hybridized carbons (Fsp3) is 0.346. The number of Topliss-reactive ketones (excluding diaryl/α,β-unsaturated/α-hetero) is 1. The number of rotatable bonds is 8. The van der Waals surface area contributed by atoms with Gasteiger partial charge in [-0.15, -0.1) is 10.2 Å². The van der Waals surface area contributed by atoms with E-state index in [1.165, 1.54) is 49.4 Å². The zero-order valence-electron chi connectivity index (χ0n) is 17.9. The summed E-state index contributed by atoms with van der Waals surface area (Å²) < 4.78 is 5.42. The molecule has 5 heteroatoms. The number of hydrogen-bond donors (Lipinski definition) is 0. The van der Waals surface area contributed by atoms with Crippen molar-refractivity contribution in [3.8, 4) is 17.0 Å². The Kier molecular flexibility index (Phi) is 7.36. The number of aromatic nitrogens is 2. The van der Waals surface area contributed by atoms with E-state index >= 15 is 0 Å². The molecule has 4 rings (SSSR count). The highest BCUT2D eigenvalue weighted by Gasteiger charge is 2.15. The minimum Gasteiger partial charge on any atom is -0.494 e. The van der Waals surface area contributed by atoms with Crippen LogP contribution in [0.4, 0.5) is 0 Å². The van der Waals surface area contributed by atoms with Crippen LogP contribution in [0.2, 0.25) is 0 Å². The van der Waals surface area contributed by atoms with Gasteiger partial charge < -0.3 is 4.74 Å². The maximum Gasteiger partial charge on any atom is 0.173 e. The van der Waals surface area contributed by atoms with E-state index in [0.717, 1.165) is 22.0 Å². The highest BCUT2D eigenvalue weighted by molar-refractivity contribution is 7.99. The van der Waals surface area contributed by atoms with E-state index in [0.29, 0.717) is 23.8 Å². The number of nitrogens with zero attached hydrogens (tertiary/aromatic N) is 2. The number of ether oxygens (including phenoxy) is 1. The molecule has 0 bridgehead atoms. The van der Waals surface area contributed by atoms with Crippen molar-refractivity contribution in [1.82, 2.24) is 10.2 Å². The topological polar surface area (TPSA) is 52.1 Å². The molecule has 0 amide bonds. The van der Waals surface area contributed by atoms with Gasteiger partial charge in [0, 0.05) is 11.1 Å². The average molecular weight is 433 g/mol. The Morgan fingerprint density at radius 3 is 2.32 bits per heavy atom. The SMILES string of the molecule is CCOc1ccc(C(=O)CSc2ccc(-c3ccc(C4CCCCC4)cc3)nn2)cc1. The Bertz CT molecular complexity index is 979. The van der Waals surface area contributed by atoms with Gasteiger partial charge in [0.2, 0.25) is 0 Å². The monoisotopic (exact) mass is 432 g/mol. The lowest BCUT2D eigenvalue weighted by atomic mass is 9.84. The summed E-state index contributed by atoms with van der Waals surface area (Å²) in [6.45, 7) is 2.55. The fourth-order valence-electron chi connectivity index (χ4n) is 4.04. The predicted molar refractivity (Wildman–Crippen MR) is 126 cm³/mol. The molecule has 1 aliphatic carbocycles. The van der Waals surface area contributed by atoms with Gasteiger partial charge in [-0.2, -0.15) is 0 Å². The minimum absolute atomic E-state index is 0.0669. The van der Waals surface area contributed by atoms with Gasteiger partial charge in [-0.25, -0.2) is 0 Å². The summed E-state index contributed by atoms with van der Waals surface area (Å²) in [6, 6.07) is 20.0. The van der Waals surface area contributed by atoms with Gasteiger partial charge in [-0.3, -0.25) is 4.79 Å². The van der Waals surface area contributed by atoms with Gasteiger partial charge in [0.05, 0.1) is 18.1 Å². The highest BCUT2D eigenvalue weighted by atomic mass is 32.2. The molecule has 31 heavy (non-hydrogen) atoms. The van der Waals surface area contributed by atoms with Crippen LogP contribution in [0.1, 0.15) is 60.9 Å². The molecule has 1 heterocycles. The van der Waals surface area contributed by atoms with Crippen LogP contribution < -0.4 is 4.74 Å². The molecule has 1 aromatic heterocycles. The van der Waals surface area contributed by atoms with Crippen molar-refractivity contribution in [2.75, 3.05) is 12.4 Å². The van der Waals surface area contributed by atoms with Gasteiger partial charge in [0.25, 0.3) is 0 Å². The van der Waals surface area contributed by atoms with Crippen LogP contribution in [0.25, 0.3) is 11.3 Å². The number of ketones is 1. The van der Waals surface area contributed by atoms with Gasteiger partial charge in [-0.05, 0) is 67.6 Å². The van der Waals surface area contributed by atoms with Crippen molar-refractivity contribution in [2.24, 2.45) is 0 Å². The number of hydrogen-bond acceptors (Lipinski definition) is 5.